The van der Waals surface area contributed by atoms with Gasteiger partial charge >= 0.3 is 0 Å². The van der Waals surface area contributed by atoms with E-state index in [1.54, 1.807) is 0 Å². The van der Waals surface area contributed by atoms with Crippen LogP contribution < -0.4 is 5.32 Å². The number of ether oxygens (including phenoxy) is 3. The molecule has 0 aliphatic carbocycles. The Hall–Kier alpha value is -0.930. The third-order valence-corrected chi connectivity index (χ3v) is 4.38. The largest absolute Gasteiger partial charge is 0.394 e. The topological polar surface area (TPSA) is 198 Å². The van der Waals surface area contributed by atoms with E-state index in [1.807, 2.05) is 0 Å². The van der Waals surface area contributed by atoms with Gasteiger partial charge in [-0.15, -0.1) is 0 Å². The zero-order valence-electron chi connectivity index (χ0n) is 14.0. The summed E-state index contributed by atoms with van der Waals surface area (Å²) < 4.78 is 15.7. The number of aliphatic hydroxyl groups excluding tert-OH is 7. The molecule has 0 saturated carbocycles. The molecular weight excluding hydrogens is 358 g/mol. The van der Waals surface area contributed by atoms with Gasteiger partial charge in [-0.1, -0.05) is 0 Å². The van der Waals surface area contributed by atoms with Crippen LogP contribution >= 0.6 is 0 Å². The molecule has 2 heterocycles. The fraction of sp³-hybridized carbons (Fsp3) is 0.929. The van der Waals surface area contributed by atoms with Crippen LogP contribution in [0.3, 0.4) is 0 Å². The quantitative estimate of drug-likeness (QED) is 0.226. The molecule has 0 aromatic rings. The first-order valence-corrected chi connectivity index (χ1v) is 8.06. The maximum absolute atomic E-state index is 11.4. The van der Waals surface area contributed by atoms with Crippen molar-refractivity contribution in [1.82, 2.24) is 5.32 Å². The van der Waals surface area contributed by atoms with Crippen molar-refractivity contribution >= 4 is 5.91 Å². The van der Waals surface area contributed by atoms with Gasteiger partial charge in [-0.05, 0) is 0 Å². The number of rotatable bonds is 5. The van der Waals surface area contributed by atoms with Crippen LogP contribution in [0.1, 0.15) is 6.92 Å². The molecule has 0 aromatic heterocycles. The van der Waals surface area contributed by atoms with Gasteiger partial charge in [-0.2, -0.15) is 0 Å². The second-order valence-electron chi connectivity index (χ2n) is 6.26. The monoisotopic (exact) mass is 383 g/mol. The second-order valence-corrected chi connectivity index (χ2v) is 6.26. The first-order chi connectivity index (χ1) is 12.2. The summed E-state index contributed by atoms with van der Waals surface area (Å²) in [7, 11) is 0. The van der Waals surface area contributed by atoms with Crippen molar-refractivity contribution < 1.29 is 54.8 Å². The summed E-state index contributed by atoms with van der Waals surface area (Å²) in [4.78, 5) is 11.4. The third kappa shape index (κ3) is 4.31. The van der Waals surface area contributed by atoms with E-state index >= 15 is 0 Å². The highest BCUT2D eigenvalue weighted by atomic mass is 16.7. The fourth-order valence-electron chi connectivity index (χ4n) is 2.97. The molecule has 0 radical (unpaired) electrons. The van der Waals surface area contributed by atoms with E-state index in [-0.39, 0.29) is 0 Å². The molecule has 12 nitrogen and oxygen atoms in total. The molecule has 2 aliphatic rings. The van der Waals surface area contributed by atoms with Crippen LogP contribution in [0.2, 0.25) is 0 Å². The van der Waals surface area contributed by atoms with Gasteiger partial charge in [-0.3, -0.25) is 4.79 Å². The van der Waals surface area contributed by atoms with Crippen molar-refractivity contribution in [2.45, 2.75) is 68.3 Å². The highest BCUT2D eigenvalue weighted by Gasteiger charge is 2.50. The van der Waals surface area contributed by atoms with Crippen molar-refractivity contribution in [2.75, 3.05) is 13.2 Å². The lowest BCUT2D eigenvalue weighted by molar-refractivity contribution is -0.341. The Kier molecular flexibility index (Phi) is 7.27. The predicted octanol–water partition coefficient (Wildman–Crippen LogP) is -5.25. The molecule has 2 fully saturated rings. The Morgan fingerprint density at radius 2 is 1.50 bits per heavy atom. The second kappa shape index (κ2) is 8.84. The van der Waals surface area contributed by atoms with Crippen LogP contribution in [-0.2, 0) is 19.0 Å². The molecule has 26 heavy (non-hydrogen) atoms. The van der Waals surface area contributed by atoms with Crippen LogP contribution in [0.15, 0.2) is 0 Å². The molecule has 0 bridgehead atoms. The van der Waals surface area contributed by atoms with Gasteiger partial charge in [-0.25, -0.2) is 0 Å². The highest BCUT2D eigenvalue weighted by molar-refractivity contribution is 5.73. The van der Waals surface area contributed by atoms with E-state index < -0.39 is 80.5 Å². The smallest absolute Gasteiger partial charge is 0.217 e. The predicted molar refractivity (Wildman–Crippen MR) is 80.2 cm³/mol. The number of hydrogen-bond acceptors (Lipinski definition) is 11. The van der Waals surface area contributed by atoms with Crippen LogP contribution in [-0.4, -0.2) is 116 Å². The summed E-state index contributed by atoms with van der Waals surface area (Å²) in [6, 6.07) is -1.28. The molecule has 2 aliphatic heterocycles. The van der Waals surface area contributed by atoms with Crippen LogP contribution in [0.4, 0.5) is 0 Å². The van der Waals surface area contributed by atoms with E-state index in [0.717, 1.165) is 6.92 Å². The average molecular weight is 383 g/mol. The molecule has 8 N–H and O–H groups in total. The summed E-state index contributed by atoms with van der Waals surface area (Å²) in [5.41, 5.74) is 0. The number of carbonyl (C=O) groups is 1. The minimum absolute atomic E-state index is 0.574. The molecule has 2 rings (SSSR count). The molecular formula is C14H25NO11. The SMILES string of the molecule is CC(=O)NC1C(O[C@H]2OC(CO)[C@H](O)C(O)C2O)[C@@H](O)C(CO)O[C@@H]1O. The van der Waals surface area contributed by atoms with Crippen molar-refractivity contribution in [2.24, 2.45) is 0 Å². The Balaban J connectivity index is 2.21. The van der Waals surface area contributed by atoms with Gasteiger partial charge in [0.25, 0.3) is 0 Å². The summed E-state index contributed by atoms with van der Waals surface area (Å²) in [6.07, 6.45) is -13.7. The Morgan fingerprint density at radius 3 is 2.04 bits per heavy atom. The summed E-state index contributed by atoms with van der Waals surface area (Å²) >= 11 is 0. The minimum atomic E-state index is -1.74. The maximum atomic E-state index is 11.4. The van der Waals surface area contributed by atoms with Gasteiger partial charge in [0.05, 0.1) is 13.2 Å². The molecule has 0 spiro atoms. The van der Waals surface area contributed by atoms with E-state index in [2.05, 4.69) is 5.32 Å². The zero-order chi connectivity index (χ0) is 19.6. The van der Waals surface area contributed by atoms with Crippen LogP contribution in [0.5, 0.6) is 0 Å². The lowest BCUT2D eigenvalue weighted by Gasteiger charge is -2.46. The van der Waals surface area contributed by atoms with Gasteiger partial charge < -0.3 is 55.3 Å². The zero-order valence-corrected chi connectivity index (χ0v) is 14.0. The van der Waals surface area contributed by atoms with E-state index in [1.165, 1.54) is 0 Å². The van der Waals surface area contributed by atoms with Crippen molar-refractivity contribution in [3.63, 3.8) is 0 Å². The highest BCUT2D eigenvalue weighted by Crippen LogP contribution is 2.28. The summed E-state index contributed by atoms with van der Waals surface area (Å²) in [6.45, 7) is -0.195. The lowest BCUT2D eigenvalue weighted by Crippen LogP contribution is -2.67. The lowest BCUT2D eigenvalue weighted by atomic mass is 9.95. The van der Waals surface area contributed by atoms with Crippen LogP contribution in [0.25, 0.3) is 0 Å². The average Bonchev–Trinajstić information content (AvgIpc) is 2.60. The normalized spacial score (nSPS) is 46.8. The molecule has 2 saturated heterocycles. The standard InChI is InChI=1S/C14H25NO11/c1-4(18)15-7-12(9(20)6(3-17)24-13(7)23)26-14-11(22)10(21)8(19)5(2-16)25-14/h5-14,16-17,19-23H,2-3H2,1H3,(H,15,18)/t5?,6?,7?,8-,9-,10?,11?,12?,13-,14+/m0/s1. The molecule has 0 aromatic carbocycles. The first-order valence-electron chi connectivity index (χ1n) is 8.06. The first kappa shape index (κ1) is 21.4. The number of aliphatic hydroxyl groups is 7. The Labute approximate surface area is 148 Å². The number of amides is 1. The number of carbonyl (C=O) groups excluding carboxylic acids is 1. The van der Waals surface area contributed by atoms with Gasteiger partial charge in [0.2, 0.25) is 5.91 Å². The molecule has 1 amide bonds. The Morgan fingerprint density at radius 1 is 0.923 bits per heavy atom. The van der Waals surface area contributed by atoms with Gasteiger partial charge in [0.15, 0.2) is 12.6 Å². The van der Waals surface area contributed by atoms with Gasteiger partial charge in [0, 0.05) is 6.92 Å². The van der Waals surface area contributed by atoms with Crippen LogP contribution in [0, 0.1) is 0 Å². The summed E-state index contributed by atoms with van der Waals surface area (Å²) in [5, 5.41) is 70.7. The maximum Gasteiger partial charge on any atom is 0.217 e. The van der Waals surface area contributed by atoms with Gasteiger partial charge in [0.1, 0.15) is 48.8 Å². The van der Waals surface area contributed by atoms with E-state index in [0.29, 0.717) is 0 Å². The third-order valence-electron chi connectivity index (χ3n) is 4.38. The number of nitrogens with one attached hydrogen (secondary N) is 1. The molecule has 12 heteroatoms. The summed E-state index contributed by atoms with van der Waals surface area (Å²) in [5.74, 6) is -0.574. The Bertz CT molecular complexity index is 478. The fourth-order valence-corrected chi connectivity index (χ4v) is 2.97. The van der Waals surface area contributed by atoms with Crippen molar-refractivity contribution in [3.05, 3.63) is 0 Å². The van der Waals surface area contributed by atoms with E-state index in [4.69, 9.17) is 14.2 Å². The molecule has 6 unspecified atom stereocenters. The minimum Gasteiger partial charge on any atom is -0.394 e. The number of hydrogen-bond donors (Lipinski definition) is 8. The molecule has 152 valence electrons. The van der Waals surface area contributed by atoms with E-state index in [9.17, 15) is 40.5 Å². The molecule has 10 atom stereocenters. The van der Waals surface area contributed by atoms with Crippen molar-refractivity contribution in [3.8, 4) is 0 Å². The van der Waals surface area contributed by atoms with Crippen molar-refractivity contribution in [1.29, 1.82) is 0 Å².